The summed E-state index contributed by atoms with van der Waals surface area (Å²) in [6, 6.07) is 13.2. The summed E-state index contributed by atoms with van der Waals surface area (Å²) in [7, 11) is -1.14. The average Bonchev–Trinajstić information content (AvgIpc) is 2.53. The molecule has 110 valence electrons. The van der Waals surface area contributed by atoms with Crippen LogP contribution in [0.3, 0.4) is 0 Å². The summed E-state index contributed by atoms with van der Waals surface area (Å²) in [4.78, 5) is 15.1. The van der Waals surface area contributed by atoms with Crippen LogP contribution >= 0.6 is 0 Å². The van der Waals surface area contributed by atoms with Crippen molar-refractivity contribution in [2.24, 2.45) is 0 Å². The second kappa shape index (κ2) is 5.49. The van der Waals surface area contributed by atoms with Crippen molar-refractivity contribution >= 4 is 42.5 Å². The Hall–Kier alpha value is -2.28. The van der Waals surface area contributed by atoms with Crippen molar-refractivity contribution in [3.05, 3.63) is 48.5 Å². The normalized spacial score (nSPS) is 12.5. The first-order valence-electron chi connectivity index (χ1n) is 6.81. The third-order valence-electron chi connectivity index (χ3n) is 3.79. The topological polar surface area (TPSA) is 84.2 Å². The van der Waals surface area contributed by atoms with Gasteiger partial charge in [0.05, 0.1) is 0 Å². The minimum Gasteiger partial charge on any atom is -0.428 e. The van der Waals surface area contributed by atoms with E-state index in [-0.39, 0.29) is 5.46 Å². The van der Waals surface area contributed by atoms with E-state index in [1.807, 2.05) is 0 Å². The van der Waals surface area contributed by atoms with Crippen molar-refractivity contribution in [3.8, 4) is 0 Å². The Morgan fingerprint density at radius 3 is 2.50 bits per heavy atom. The molecule has 0 spiro atoms. The number of anilines is 2. The van der Waals surface area contributed by atoms with E-state index < -0.39 is 20.2 Å². The van der Waals surface area contributed by atoms with Crippen molar-refractivity contribution in [3.63, 3.8) is 0 Å². The van der Waals surface area contributed by atoms with Crippen LogP contribution in [-0.2, 0) is 0 Å². The SMILES string of the molecule is CN(C(=O)N1B(O)c2ccccc21)c1ccccc1B(O)O. The van der Waals surface area contributed by atoms with Crippen LogP contribution in [0.4, 0.5) is 16.2 Å². The molecule has 8 heteroatoms. The number of amides is 2. The predicted octanol–water partition coefficient (Wildman–Crippen LogP) is -0.870. The van der Waals surface area contributed by atoms with E-state index >= 15 is 0 Å². The number of carbonyl (C=O) groups is 1. The smallest absolute Gasteiger partial charge is 0.428 e. The summed E-state index contributed by atoms with van der Waals surface area (Å²) in [6.07, 6.45) is 0. The molecule has 0 unspecified atom stereocenters. The quantitative estimate of drug-likeness (QED) is 0.629. The molecule has 0 saturated carbocycles. The maximum atomic E-state index is 12.6. The Labute approximate surface area is 128 Å². The molecular formula is C14H14B2N2O4. The molecule has 0 radical (unpaired) electrons. The van der Waals surface area contributed by atoms with Gasteiger partial charge < -0.3 is 19.9 Å². The maximum absolute atomic E-state index is 12.6. The first kappa shape index (κ1) is 14.6. The number of nitrogens with zero attached hydrogens (tertiary/aromatic N) is 2. The van der Waals surface area contributed by atoms with Crippen LogP contribution in [-0.4, -0.2) is 42.3 Å². The van der Waals surface area contributed by atoms with Gasteiger partial charge in [0.25, 0.3) is 0 Å². The molecule has 2 aromatic rings. The largest absolute Gasteiger partial charge is 0.490 e. The van der Waals surface area contributed by atoms with Crippen molar-refractivity contribution in [2.45, 2.75) is 0 Å². The number of rotatable bonds is 2. The molecule has 0 atom stereocenters. The minimum atomic E-state index is -1.68. The molecule has 1 aliphatic heterocycles. The molecule has 0 aromatic heterocycles. The number of benzene rings is 2. The van der Waals surface area contributed by atoms with E-state index in [9.17, 15) is 19.9 Å². The highest BCUT2D eigenvalue weighted by atomic mass is 16.4. The zero-order chi connectivity index (χ0) is 15.9. The lowest BCUT2D eigenvalue weighted by Crippen LogP contribution is -2.65. The van der Waals surface area contributed by atoms with Gasteiger partial charge in [0, 0.05) is 23.9 Å². The summed E-state index contributed by atoms with van der Waals surface area (Å²) in [6.45, 7) is 0. The van der Waals surface area contributed by atoms with Crippen LogP contribution in [0.5, 0.6) is 0 Å². The van der Waals surface area contributed by atoms with Gasteiger partial charge >= 0.3 is 20.2 Å². The Morgan fingerprint density at radius 1 is 1.14 bits per heavy atom. The van der Waals surface area contributed by atoms with Crippen molar-refractivity contribution in [1.82, 2.24) is 0 Å². The fourth-order valence-electron chi connectivity index (χ4n) is 2.61. The third-order valence-corrected chi connectivity index (χ3v) is 3.79. The zero-order valence-electron chi connectivity index (χ0n) is 11.9. The van der Waals surface area contributed by atoms with Crippen LogP contribution < -0.4 is 20.6 Å². The standard InChI is InChI=1S/C14H14B2N2O4/c1-17(12-8-4-3-7-11(12)16(21)22)14(19)18-13-9-5-2-6-10(13)15(18)20/h2-9,20-22H,1H3. The first-order chi connectivity index (χ1) is 10.5. The Balaban J connectivity index is 1.91. The Kier molecular flexibility index (Phi) is 3.66. The van der Waals surface area contributed by atoms with Crippen LogP contribution in [0.1, 0.15) is 0 Å². The second-order valence-electron chi connectivity index (χ2n) is 5.08. The van der Waals surface area contributed by atoms with Crippen LogP contribution in [0.25, 0.3) is 0 Å². The van der Waals surface area contributed by atoms with E-state index in [1.54, 1.807) is 42.5 Å². The van der Waals surface area contributed by atoms with Crippen LogP contribution in [0.2, 0.25) is 0 Å². The zero-order valence-corrected chi connectivity index (χ0v) is 11.9. The van der Waals surface area contributed by atoms with E-state index in [0.717, 1.165) is 0 Å². The molecule has 0 saturated heterocycles. The molecular weight excluding hydrogens is 282 g/mol. The van der Waals surface area contributed by atoms with Crippen molar-refractivity contribution in [1.29, 1.82) is 0 Å². The molecule has 1 heterocycles. The summed E-state index contributed by atoms with van der Waals surface area (Å²) < 4.78 is 0. The lowest BCUT2D eigenvalue weighted by molar-refractivity contribution is 0.254. The van der Waals surface area contributed by atoms with Gasteiger partial charge in [0.15, 0.2) is 0 Å². The Bertz CT molecular complexity index is 725. The summed E-state index contributed by atoms with van der Waals surface area (Å²) in [5, 5.41) is 28.9. The lowest BCUT2D eigenvalue weighted by atomic mass is 9.62. The van der Waals surface area contributed by atoms with Gasteiger partial charge in [0.2, 0.25) is 0 Å². The fraction of sp³-hybridized carbons (Fsp3) is 0.0714. The molecule has 0 fully saturated rings. The number of hydrogen-bond donors (Lipinski definition) is 3. The predicted molar refractivity (Wildman–Crippen MR) is 86.6 cm³/mol. The highest BCUT2D eigenvalue weighted by Gasteiger charge is 2.44. The van der Waals surface area contributed by atoms with E-state index in [1.165, 1.54) is 22.8 Å². The summed E-state index contributed by atoms with van der Waals surface area (Å²) in [5.41, 5.74) is 1.94. The van der Waals surface area contributed by atoms with Gasteiger partial charge in [-0.1, -0.05) is 36.4 Å². The number of fused-ring (bicyclic) bond motifs is 1. The monoisotopic (exact) mass is 296 g/mol. The molecule has 3 rings (SSSR count). The fourth-order valence-corrected chi connectivity index (χ4v) is 2.61. The molecule has 2 amide bonds. The van der Waals surface area contributed by atoms with Gasteiger partial charge in [-0.2, -0.15) is 0 Å². The lowest BCUT2D eigenvalue weighted by Gasteiger charge is -2.39. The number of hydrogen-bond acceptors (Lipinski definition) is 4. The molecule has 3 N–H and O–H groups in total. The number of para-hydroxylation sites is 2. The van der Waals surface area contributed by atoms with E-state index in [4.69, 9.17) is 0 Å². The van der Waals surface area contributed by atoms with Gasteiger partial charge in [-0.25, -0.2) is 4.79 Å². The Morgan fingerprint density at radius 2 is 1.77 bits per heavy atom. The van der Waals surface area contributed by atoms with Gasteiger partial charge in [-0.05, 0) is 17.6 Å². The van der Waals surface area contributed by atoms with Crippen molar-refractivity contribution < 1.29 is 19.9 Å². The second-order valence-corrected chi connectivity index (χ2v) is 5.08. The number of urea groups is 1. The van der Waals surface area contributed by atoms with E-state index in [2.05, 4.69) is 0 Å². The summed E-state index contributed by atoms with van der Waals surface area (Å²) in [5.74, 6) is 0. The highest BCUT2D eigenvalue weighted by Crippen LogP contribution is 2.25. The maximum Gasteiger partial charge on any atom is 0.490 e. The molecule has 1 aliphatic rings. The van der Waals surface area contributed by atoms with Gasteiger partial charge in [-0.3, -0.25) is 4.90 Å². The first-order valence-corrected chi connectivity index (χ1v) is 6.81. The van der Waals surface area contributed by atoms with Crippen molar-refractivity contribution in [2.75, 3.05) is 16.8 Å². The van der Waals surface area contributed by atoms with Gasteiger partial charge in [0.1, 0.15) is 0 Å². The molecule has 0 aliphatic carbocycles. The molecule has 2 aromatic carbocycles. The molecule has 22 heavy (non-hydrogen) atoms. The van der Waals surface area contributed by atoms with Gasteiger partial charge in [-0.15, -0.1) is 0 Å². The highest BCUT2D eigenvalue weighted by molar-refractivity contribution is 6.82. The van der Waals surface area contributed by atoms with E-state index in [0.29, 0.717) is 16.8 Å². The minimum absolute atomic E-state index is 0.224. The number of carbonyl (C=O) groups excluding carboxylic acids is 1. The van der Waals surface area contributed by atoms with Crippen LogP contribution in [0.15, 0.2) is 48.5 Å². The third kappa shape index (κ3) is 2.18. The average molecular weight is 296 g/mol. The molecule has 6 nitrogen and oxygen atoms in total. The summed E-state index contributed by atoms with van der Waals surface area (Å²) >= 11 is 0. The molecule has 0 bridgehead atoms. The van der Waals surface area contributed by atoms with Crippen LogP contribution in [0, 0.1) is 0 Å².